The fourth-order valence-corrected chi connectivity index (χ4v) is 3.56. The standard InChI is InChI=1S/C19H13IO2/c20-11-22-17(21)10-15-7-6-14-5-4-12-2-1-3-13-8-9-16(15)19(14)18(12)13/h1-9H,10-11H2. The van der Waals surface area contributed by atoms with Gasteiger partial charge in [-0.3, -0.25) is 4.79 Å². The number of rotatable bonds is 3. The smallest absolute Gasteiger partial charge is 0.311 e. The summed E-state index contributed by atoms with van der Waals surface area (Å²) in [6.45, 7) is 0. The monoisotopic (exact) mass is 400 g/mol. The van der Waals surface area contributed by atoms with E-state index in [1.165, 1.54) is 26.9 Å². The summed E-state index contributed by atoms with van der Waals surface area (Å²) < 4.78 is 5.48. The quantitative estimate of drug-likeness (QED) is 0.208. The van der Waals surface area contributed by atoms with Gasteiger partial charge in [0.1, 0.15) is 4.61 Å². The summed E-state index contributed by atoms with van der Waals surface area (Å²) in [5.41, 5.74) is 1.03. The molecular weight excluding hydrogens is 387 g/mol. The van der Waals surface area contributed by atoms with Crippen LogP contribution in [0.1, 0.15) is 5.56 Å². The number of hydrogen-bond donors (Lipinski definition) is 0. The zero-order valence-electron chi connectivity index (χ0n) is 11.8. The number of carbonyl (C=O) groups excluding carboxylic acids is 1. The van der Waals surface area contributed by atoms with Crippen LogP contribution in [-0.4, -0.2) is 10.6 Å². The minimum Gasteiger partial charge on any atom is -0.455 e. The molecule has 3 heteroatoms. The van der Waals surface area contributed by atoms with Crippen molar-refractivity contribution in [3.05, 3.63) is 60.2 Å². The van der Waals surface area contributed by atoms with Gasteiger partial charge in [-0.05, 0) is 60.5 Å². The number of benzene rings is 4. The molecule has 0 aromatic heterocycles. The average molecular weight is 400 g/mol. The second-order valence-corrected chi connectivity index (χ2v) is 6.01. The van der Waals surface area contributed by atoms with Crippen LogP contribution in [0.25, 0.3) is 32.3 Å². The Bertz CT molecular complexity index is 975. The number of ether oxygens (including phenoxy) is 1. The molecule has 0 bridgehead atoms. The predicted octanol–water partition coefficient (Wildman–Crippen LogP) is 5.06. The van der Waals surface area contributed by atoms with Gasteiger partial charge in [0, 0.05) is 0 Å². The molecule has 0 saturated carbocycles. The van der Waals surface area contributed by atoms with Crippen molar-refractivity contribution in [2.45, 2.75) is 6.42 Å². The topological polar surface area (TPSA) is 26.3 Å². The Kier molecular flexibility index (Phi) is 3.37. The van der Waals surface area contributed by atoms with Crippen LogP contribution >= 0.6 is 22.6 Å². The molecular formula is C19H13IO2. The zero-order valence-corrected chi connectivity index (χ0v) is 14.0. The van der Waals surface area contributed by atoms with Crippen molar-refractivity contribution < 1.29 is 9.53 Å². The van der Waals surface area contributed by atoms with Crippen LogP contribution < -0.4 is 0 Å². The van der Waals surface area contributed by atoms with Crippen LogP contribution in [-0.2, 0) is 16.0 Å². The van der Waals surface area contributed by atoms with E-state index in [9.17, 15) is 4.79 Å². The lowest BCUT2D eigenvalue weighted by Crippen LogP contribution is -2.07. The highest BCUT2D eigenvalue weighted by Gasteiger charge is 2.13. The molecule has 0 radical (unpaired) electrons. The third kappa shape index (κ3) is 2.11. The first-order valence-corrected chi connectivity index (χ1v) is 8.67. The third-order valence-corrected chi connectivity index (χ3v) is 4.48. The normalized spacial score (nSPS) is 11.5. The molecule has 0 fully saturated rings. The molecule has 4 rings (SSSR count). The maximum atomic E-state index is 11.8. The van der Waals surface area contributed by atoms with Crippen molar-refractivity contribution in [2.75, 3.05) is 4.61 Å². The third-order valence-electron chi connectivity index (χ3n) is 4.17. The zero-order chi connectivity index (χ0) is 15.1. The number of halogens is 1. The van der Waals surface area contributed by atoms with Gasteiger partial charge < -0.3 is 4.74 Å². The Labute approximate surface area is 141 Å². The minimum absolute atomic E-state index is 0.176. The molecule has 0 aliphatic heterocycles. The van der Waals surface area contributed by atoms with Gasteiger partial charge in [-0.15, -0.1) is 0 Å². The van der Waals surface area contributed by atoms with Crippen LogP contribution in [0, 0.1) is 0 Å². The first kappa shape index (κ1) is 13.8. The van der Waals surface area contributed by atoms with Crippen molar-refractivity contribution >= 4 is 60.9 Å². The van der Waals surface area contributed by atoms with Crippen molar-refractivity contribution in [1.29, 1.82) is 0 Å². The van der Waals surface area contributed by atoms with E-state index >= 15 is 0 Å². The van der Waals surface area contributed by atoms with E-state index in [-0.39, 0.29) is 5.97 Å². The van der Waals surface area contributed by atoms with Crippen LogP contribution in [0.5, 0.6) is 0 Å². The summed E-state index contributed by atoms with van der Waals surface area (Å²) in [5.74, 6) is -0.176. The van der Waals surface area contributed by atoms with Gasteiger partial charge in [-0.25, -0.2) is 0 Å². The Balaban J connectivity index is 2.02. The Morgan fingerprint density at radius 1 is 0.864 bits per heavy atom. The maximum absolute atomic E-state index is 11.8. The second kappa shape index (κ2) is 5.39. The Morgan fingerprint density at radius 3 is 2.23 bits per heavy atom. The lowest BCUT2D eigenvalue weighted by Gasteiger charge is -2.13. The highest BCUT2D eigenvalue weighted by Crippen LogP contribution is 2.35. The molecule has 22 heavy (non-hydrogen) atoms. The minimum atomic E-state index is -0.176. The molecule has 4 aromatic rings. The summed E-state index contributed by atoms with van der Waals surface area (Å²) in [7, 11) is 0. The van der Waals surface area contributed by atoms with E-state index in [2.05, 4.69) is 48.5 Å². The second-order valence-electron chi connectivity index (χ2n) is 5.38. The molecule has 4 aromatic carbocycles. The molecule has 0 unspecified atom stereocenters. The van der Waals surface area contributed by atoms with Gasteiger partial charge in [-0.1, -0.05) is 54.6 Å². The summed E-state index contributed by atoms with van der Waals surface area (Å²) in [5, 5.41) is 7.36. The Hall–Kier alpha value is -1.88. The van der Waals surface area contributed by atoms with Crippen LogP contribution in [0.2, 0.25) is 0 Å². The van der Waals surface area contributed by atoms with Crippen LogP contribution in [0.3, 0.4) is 0 Å². The average Bonchev–Trinajstić information content (AvgIpc) is 2.54. The molecule has 0 heterocycles. The van der Waals surface area contributed by atoms with Gasteiger partial charge in [0.2, 0.25) is 0 Å². The van der Waals surface area contributed by atoms with Crippen LogP contribution in [0.15, 0.2) is 54.6 Å². The Morgan fingerprint density at radius 2 is 1.50 bits per heavy atom. The van der Waals surface area contributed by atoms with Crippen molar-refractivity contribution in [1.82, 2.24) is 0 Å². The fourth-order valence-electron chi connectivity index (χ4n) is 3.22. The fraction of sp³-hybridized carbons (Fsp3) is 0.105. The molecule has 2 nitrogen and oxygen atoms in total. The molecule has 0 aliphatic carbocycles. The summed E-state index contributed by atoms with van der Waals surface area (Å²) >= 11 is 2.04. The van der Waals surface area contributed by atoms with Gasteiger partial charge in [-0.2, -0.15) is 0 Å². The number of hydrogen-bond acceptors (Lipinski definition) is 2. The number of alkyl halides is 1. The maximum Gasteiger partial charge on any atom is 0.311 e. The van der Waals surface area contributed by atoms with E-state index in [1.807, 2.05) is 28.7 Å². The highest BCUT2D eigenvalue weighted by molar-refractivity contribution is 14.1. The summed E-state index contributed by atoms with van der Waals surface area (Å²) in [4.78, 5) is 11.8. The number of carbonyl (C=O) groups is 1. The van der Waals surface area contributed by atoms with E-state index in [0.29, 0.717) is 11.0 Å². The van der Waals surface area contributed by atoms with Gasteiger partial charge in [0.25, 0.3) is 0 Å². The van der Waals surface area contributed by atoms with E-state index in [4.69, 9.17) is 4.74 Å². The summed E-state index contributed by atoms with van der Waals surface area (Å²) in [6, 6.07) is 19.1. The van der Waals surface area contributed by atoms with E-state index in [1.54, 1.807) is 0 Å². The van der Waals surface area contributed by atoms with Crippen molar-refractivity contribution in [3.8, 4) is 0 Å². The summed E-state index contributed by atoms with van der Waals surface area (Å²) in [6.07, 6.45) is 0.317. The van der Waals surface area contributed by atoms with Crippen LogP contribution in [0.4, 0.5) is 0 Å². The van der Waals surface area contributed by atoms with E-state index in [0.717, 1.165) is 10.9 Å². The predicted molar refractivity (Wildman–Crippen MR) is 98.8 cm³/mol. The SMILES string of the molecule is O=C(Cc1ccc2ccc3cccc4ccc1c2c34)OCI. The molecule has 0 amide bonds. The highest BCUT2D eigenvalue weighted by atomic mass is 127. The molecule has 0 atom stereocenters. The van der Waals surface area contributed by atoms with Gasteiger partial charge in [0.05, 0.1) is 6.42 Å². The molecule has 0 N–H and O–H groups in total. The van der Waals surface area contributed by atoms with Crippen molar-refractivity contribution in [2.24, 2.45) is 0 Å². The van der Waals surface area contributed by atoms with Gasteiger partial charge in [0.15, 0.2) is 0 Å². The van der Waals surface area contributed by atoms with Crippen molar-refractivity contribution in [3.63, 3.8) is 0 Å². The van der Waals surface area contributed by atoms with E-state index < -0.39 is 0 Å². The lowest BCUT2D eigenvalue weighted by atomic mass is 9.91. The molecule has 0 saturated heterocycles. The molecule has 108 valence electrons. The first-order chi connectivity index (χ1) is 10.8. The molecule has 0 spiro atoms. The lowest BCUT2D eigenvalue weighted by molar-refractivity contribution is -0.140. The van der Waals surface area contributed by atoms with Gasteiger partial charge >= 0.3 is 5.97 Å². The molecule has 0 aliphatic rings. The largest absolute Gasteiger partial charge is 0.455 e. The number of esters is 1. The first-order valence-electron chi connectivity index (χ1n) is 7.15.